The Morgan fingerprint density at radius 1 is 0.727 bits per heavy atom. The lowest BCUT2D eigenvalue weighted by Crippen LogP contribution is -2.48. The molecule has 2 saturated heterocycles. The standard InChI is InChI=1S/C19H31N3/c1-18-7-3-4-8-19(18)17-22-15-13-21(14-16-22)12-11-20-9-5-2-6-10-20/h3-4,7-8H,2,5-6,9-17H2,1H3. The van der Waals surface area contributed by atoms with Crippen molar-refractivity contribution in [2.45, 2.75) is 32.7 Å². The molecule has 2 aliphatic rings. The van der Waals surface area contributed by atoms with Gasteiger partial charge < -0.3 is 4.90 Å². The maximum atomic E-state index is 2.66. The van der Waals surface area contributed by atoms with Crippen LogP contribution in [-0.4, -0.2) is 67.1 Å². The molecule has 3 nitrogen and oxygen atoms in total. The van der Waals surface area contributed by atoms with Gasteiger partial charge in [0.1, 0.15) is 0 Å². The summed E-state index contributed by atoms with van der Waals surface area (Å²) >= 11 is 0. The molecular weight excluding hydrogens is 270 g/mol. The monoisotopic (exact) mass is 301 g/mol. The SMILES string of the molecule is Cc1ccccc1CN1CCN(CCN2CCCCC2)CC1. The molecule has 0 unspecified atom stereocenters. The lowest BCUT2D eigenvalue weighted by Gasteiger charge is -2.36. The third kappa shape index (κ3) is 4.55. The number of piperidine rings is 1. The molecular formula is C19H31N3. The first kappa shape index (κ1) is 16.0. The number of rotatable bonds is 5. The Balaban J connectivity index is 1.38. The van der Waals surface area contributed by atoms with E-state index in [0.717, 1.165) is 6.54 Å². The van der Waals surface area contributed by atoms with Crippen LogP contribution in [0.25, 0.3) is 0 Å². The minimum absolute atomic E-state index is 1.12. The second-order valence-electron chi connectivity index (χ2n) is 6.95. The maximum Gasteiger partial charge on any atom is 0.0237 e. The van der Waals surface area contributed by atoms with Crippen molar-refractivity contribution in [1.29, 1.82) is 0 Å². The molecule has 2 heterocycles. The van der Waals surface area contributed by atoms with Gasteiger partial charge in [0.15, 0.2) is 0 Å². The largest absolute Gasteiger partial charge is 0.302 e. The van der Waals surface area contributed by atoms with Crippen LogP contribution in [0.2, 0.25) is 0 Å². The van der Waals surface area contributed by atoms with E-state index in [-0.39, 0.29) is 0 Å². The van der Waals surface area contributed by atoms with Gasteiger partial charge in [-0.05, 0) is 44.0 Å². The summed E-state index contributed by atoms with van der Waals surface area (Å²) in [6, 6.07) is 8.80. The van der Waals surface area contributed by atoms with Crippen LogP contribution in [0.4, 0.5) is 0 Å². The third-order valence-electron chi connectivity index (χ3n) is 5.30. The summed E-state index contributed by atoms with van der Waals surface area (Å²) in [5, 5.41) is 0. The molecule has 0 saturated carbocycles. The Hall–Kier alpha value is -0.900. The lowest BCUT2D eigenvalue weighted by atomic mass is 10.1. The molecule has 0 radical (unpaired) electrons. The summed E-state index contributed by atoms with van der Waals surface area (Å²) in [5.74, 6) is 0. The van der Waals surface area contributed by atoms with Crippen LogP contribution in [0, 0.1) is 6.92 Å². The molecule has 0 atom stereocenters. The number of hydrogen-bond donors (Lipinski definition) is 0. The number of aryl methyl sites for hydroxylation is 1. The summed E-state index contributed by atoms with van der Waals surface area (Å²) in [4.78, 5) is 7.92. The zero-order valence-electron chi connectivity index (χ0n) is 14.1. The topological polar surface area (TPSA) is 9.72 Å². The quantitative estimate of drug-likeness (QED) is 0.828. The highest BCUT2D eigenvalue weighted by molar-refractivity contribution is 5.25. The summed E-state index contributed by atoms with van der Waals surface area (Å²) in [6.45, 7) is 13.4. The number of nitrogens with zero attached hydrogens (tertiary/aromatic N) is 3. The molecule has 122 valence electrons. The van der Waals surface area contributed by atoms with Gasteiger partial charge in [0.05, 0.1) is 0 Å². The van der Waals surface area contributed by atoms with Crippen molar-refractivity contribution in [2.24, 2.45) is 0 Å². The van der Waals surface area contributed by atoms with Crippen LogP contribution < -0.4 is 0 Å². The average molecular weight is 301 g/mol. The predicted octanol–water partition coefficient (Wildman–Crippen LogP) is 2.60. The van der Waals surface area contributed by atoms with Gasteiger partial charge in [0.2, 0.25) is 0 Å². The van der Waals surface area contributed by atoms with E-state index in [2.05, 4.69) is 45.9 Å². The molecule has 0 N–H and O–H groups in total. The van der Waals surface area contributed by atoms with Crippen LogP contribution in [0.1, 0.15) is 30.4 Å². The summed E-state index contributed by atoms with van der Waals surface area (Å²) in [7, 11) is 0. The highest BCUT2D eigenvalue weighted by Crippen LogP contribution is 2.13. The zero-order valence-corrected chi connectivity index (χ0v) is 14.1. The molecule has 1 aromatic rings. The van der Waals surface area contributed by atoms with Crippen LogP contribution in [0.5, 0.6) is 0 Å². The van der Waals surface area contributed by atoms with Crippen molar-refractivity contribution < 1.29 is 0 Å². The molecule has 3 rings (SSSR count). The minimum Gasteiger partial charge on any atom is -0.302 e. The van der Waals surface area contributed by atoms with E-state index >= 15 is 0 Å². The molecule has 22 heavy (non-hydrogen) atoms. The van der Waals surface area contributed by atoms with Crippen LogP contribution in [-0.2, 0) is 6.54 Å². The first-order valence-corrected chi connectivity index (χ1v) is 9.03. The zero-order chi connectivity index (χ0) is 15.2. The van der Waals surface area contributed by atoms with Gasteiger partial charge in [0.25, 0.3) is 0 Å². The van der Waals surface area contributed by atoms with Crippen molar-refractivity contribution in [3.63, 3.8) is 0 Å². The van der Waals surface area contributed by atoms with Crippen molar-refractivity contribution in [3.8, 4) is 0 Å². The Kier molecular flexibility index (Phi) is 5.88. The molecule has 0 aliphatic carbocycles. The van der Waals surface area contributed by atoms with Crippen molar-refractivity contribution in [3.05, 3.63) is 35.4 Å². The fraction of sp³-hybridized carbons (Fsp3) is 0.684. The molecule has 2 fully saturated rings. The van der Waals surface area contributed by atoms with Gasteiger partial charge in [-0.25, -0.2) is 0 Å². The second-order valence-corrected chi connectivity index (χ2v) is 6.95. The highest BCUT2D eigenvalue weighted by atomic mass is 15.3. The van der Waals surface area contributed by atoms with Gasteiger partial charge >= 0.3 is 0 Å². The number of hydrogen-bond acceptors (Lipinski definition) is 3. The second kappa shape index (κ2) is 8.09. The van der Waals surface area contributed by atoms with E-state index in [1.165, 1.54) is 82.7 Å². The number of piperazine rings is 1. The van der Waals surface area contributed by atoms with Crippen LogP contribution in [0.15, 0.2) is 24.3 Å². The normalized spacial score (nSPS) is 22.0. The summed E-state index contributed by atoms with van der Waals surface area (Å²) < 4.78 is 0. The molecule has 0 spiro atoms. The van der Waals surface area contributed by atoms with Gasteiger partial charge in [-0.2, -0.15) is 0 Å². The molecule has 0 bridgehead atoms. The lowest BCUT2D eigenvalue weighted by molar-refractivity contribution is 0.110. The first-order chi connectivity index (χ1) is 10.8. The average Bonchev–Trinajstić information content (AvgIpc) is 2.57. The first-order valence-electron chi connectivity index (χ1n) is 9.03. The summed E-state index contributed by atoms with van der Waals surface area (Å²) in [5.41, 5.74) is 2.92. The number of likely N-dealkylation sites (tertiary alicyclic amines) is 1. The minimum atomic E-state index is 1.12. The Morgan fingerprint density at radius 3 is 2.00 bits per heavy atom. The van der Waals surface area contributed by atoms with Crippen LogP contribution in [0.3, 0.4) is 0 Å². The molecule has 2 aliphatic heterocycles. The summed E-state index contributed by atoms with van der Waals surface area (Å²) in [6.07, 6.45) is 4.25. The predicted molar refractivity (Wildman–Crippen MR) is 93.2 cm³/mol. The Morgan fingerprint density at radius 2 is 1.32 bits per heavy atom. The third-order valence-corrected chi connectivity index (χ3v) is 5.30. The fourth-order valence-corrected chi connectivity index (χ4v) is 3.67. The smallest absolute Gasteiger partial charge is 0.0237 e. The molecule has 0 amide bonds. The fourth-order valence-electron chi connectivity index (χ4n) is 3.67. The van der Waals surface area contributed by atoms with Gasteiger partial charge in [0, 0.05) is 45.8 Å². The van der Waals surface area contributed by atoms with E-state index in [0.29, 0.717) is 0 Å². The van der Waals surface area contributed by atoms with Gasteiger partial charge in [-0.3, -0.25) is 9.80 Å². The van der Waals surface area contributed by atoms with Crippen molar-refractivity contribution >= 4 is 0 Å². The van der Waals surface area contributed by atoms with E-state index in [1.807, 2.05) is 0 Å². The molecule has 3 heteroatoms. The number of benzene rings is 1. The van der Waals surface area contributed by atoms with E-state index < -0.39 is 0 Å². The molecule has 0 aromatic heterocycles. The highest BCUT2D eigenvalue weighted by Gasteiger charge is 2.18. The van der Waals surface area contributed by atoms with E-state index in [1.54, 1.807) is 0 Å². The van der Waals surface area contributed by atoms with Gasteiger partial charge in [-0.1, -0.05) is 30.7 Å². The Labute approximate surface area is 135 Å². The van der Waals surface area contributed by atoms with Crippen LogP contribution >= 0.6 is 0 Å². The van der Waals surface area contributed by atoms with Gasteiger partial charge in [-0.15, -0.1) is 0 Å². The Bertz CT molecular complexity index is 446. The van der Waals surface area contributed by atoms with Crippen molar-refractivity contribution in [2.75, 3.05) is 52.4 Å². The van der Waals surface area contributed by atoms with E-state index in [9.17, 15) is 0 Å². The molecule has 1 aromatic carbocycles. The van der Waals surface area contributed by atoms with Crippen molar-refractivity contribution in [1.82, 2.24) is 14.7 Å². The maximum absolute atomic E-state index is 2.66. The van der Waals surface area contributed by atoms with E-state index in [4.69, 9.17) is 0 Å².